The number of guanidine groups is 1. The van der Waals surface area contributed by atoms with Crippen molar-refractivity contribution in [3.63, 3.8) is 0 Å². The molecule has 0 aromatic rings. The summed E-state index contributed by atoms with van der Waals surface area (Å²) in [4.78, 5) is 4.56. The first-order chi connectivity index (χ1) is 9.76. The Morgan fingerprint density at radius 3 is 2.95 bits per heavy atom. The Balaban J connectivity index is 2.09. The molecule has 20 heavy (non-hydrogen) atoms. The first-order valence-electron chi connectivity index (χ1n) is 7.96. The van der Waals surface area contributed by atoms with Crippen LogP contribution in [0, 0.1) is 5.92 Å². The lowest BCUT2D eigenvalue weighted by molar-refractivity contribution is 0.0893. The summed E-state index contributed by atoms with van der Waals surface area (Å²) in [5, 5.41) is 6.65. The standard InChI is InChI=1S/C15H31N3O2/c1-4-13(3)18-15(16-5-2)17-8-6-9-19-11-14-7-10-20-12-14/h13-14H,4-12H2,1-3H3,(H2,16,17,18). The topological polar surface area (TPSA) is 54.9 Å². The van der Waals surface area contributed by atoms with Crippen molar-refractivity contribution < 1.29 is 9.47 Å². The second-order valence-corrected chi connectivity index (χ2v) is 5.37. The van der Waals surface area contributed by atoms with Crippen LogP contribution < -0.4 is 10.6 Å². The Bertz CT molecular complexity index is 266. The quantitative estimate of drug-likeness (QED) is 0.385. The van der Waals surface area contributed by atoms with Gasteiger partial charge in [0, 0.05) is 38.3 Å². The van der Waals surface area contributed by atoms with Crippen molar-refractivity contribution in [3.05, 3.63) is 0 Å². The number of hydrogen-bond donors (Lipinski definition) is 2. The van der Waals surface area contributed by atoms with Gasteiger partial charge in [-0.05, 0) is 33.1 Å². The second kappa shape index (κ2) is 10.9. The molecular formula is C15H31N3O2. The van der Waals surface area contributed by atoms with E-state index in [1.165, 1.54) is 0 Å². The molecule has 1 heterocycles. The molecule has 2 atom stereocenters. The zero-order valence-electron chi connectivity index (χ0n) is 13.3. The molecule has 5 heteroatoms. The van der Waals surface area contributed by atoms with Crippen LogP contribution in [0.3, 0.4) is 0 Å². The molecule has 0 amide bonds. The summed E-state index contributed by atoms with van der Waals surface area (Å²) in [5.74, 6) is 1.51. The van der Waals surface area contributed by atoms with Crippen LogP contribution in [0.5, 0.6) is 0 Å². The van der Waals surface area contributed by atoms with E-state index in [4.69, 9.17) is 9.47 Å². The van der Waals surface area contributed by atoms with E-state index in [9.17, 15) is 0 Å². The highest BCUT2D eigenvalue weighted by atomic mass is 16.5. The van der Waals surface area contributed by atoms with Gasteiger partial charge in [0.05, 0.1) is 13.2 Å². The lowest BCUT2D eigenvalue weighted by atomic mass is 10.1. The van der Waals surface area contributed by atoms with Gasteiger partial charge in [-0.25, -0.2) is 0 Å². The lowest BCUT2D eigenvalue weighted by Gasteiger charge is -2.16. The van der Waals surface area contributed by atoms with Gasteiger partial charge in [0.1, 0.15) is 0 Å². The maximum Gasteiger partial charge on any atom is 0.191 e. The predicted octanol–water partition coefficient (Wildman–Crippen LogP) is 1.78. The van der Waals surface area contributed by atoms with Crippen molar-refractivity contribution >= 4 is 5.96 Å². The Hall–Kier alpha value is -0.810. The van der Waals surface area contributed by atoms with Gasteiger partial charge in [0.2, 0.25) is 0 Å². The highest BCUT2D eigenvalue weighted by Gasteiger charge is 2.15. The van der Waals surface area contributed by atoms with Crippen LogP contribution in [-0.2, 0) is 9.47 Å². The molecule has 1 aliphatic heterocycles. The monoisotopic (exact) mass is 285 g/mol. The van der Waals surface area contributed by atoms with Gasteiger partial charge < -0.3 is 20.1 Å². The number of rotatable bonds is 9. The average Bonchev–Trinajstić information content (AvgIpc) is 2.95. The minimum atomic E-state index is 0.450. The van der Waals surface area contributed by atoms with Crippen molar-refractivity contribution in [2.75, 3.05) is 39.5 Å². The average molecular weight is 285 g/mol. The van der Waals surface area contributed by atoms with Crippen LogP contribution in [0.1, 0.15) is 40.0 Å². The summed E-state index contributed by atoms with van der Waals surface area (Å²) >= 11 is 0. The van der Waals surface area contributed by atoms with E-state index in [1.807, 2.05) is 0 Å². The third-order valence-corrected chi connectivity index (χ3v) is 3.43. The van der Waals surface area contributed by atoms with Gasteiger partial charge in [0.25, 0.3) is 0 Å². The Morgan fingerprint density at radius 2 is 2.30 bits per heavy atom. The summed E-state index contributed by atoms with van der Waals surface area (Å²) in [5.41, 5.74) is 0. The van der Waals surface area contributed by atoms with E-state index in [2.05, 4.69) is 36.4 Å². The molecule has 2 unspecified atom stereocenters. The Labute approximate surface area is 123 Å². The van der Waals surface area contributed by atoms with Gasteiger partial charge in [-0.15, -0.1) is 0 Å². The lowest BCUT2D eigenvalue weighted by Crippen LogP contribution is -2.42. The van der Waals surface area contributed by atoms with Crippen molar-refractivity contribution in [3.8, 4) is 0 Å². The molecule has 1 saturated heterocycles. The maximum absolute atomic E-state index is 5.67. The maximum atomic E-state index is 5.67. The number of hydrogen-bond acceptors (Lipinski definition) is 3. The molecule has 0 aliphatic carbocycles. The summed E-state index contributed by atoms with van der Waals surface area (Å²) in [7, 11) is 0. The summed E-state index contributed by atoms with van der Waals surface area (Å²) in [6.07, 6.45) is 3.20. The number of ether oxygens (including phenoxy) is 2. The van der Waals surface area contributed by atoms with Crippen LogP contribution in [0.2, 0.25) is 0 Å². The Morgan fingerprint density at radius 1 is 1.45 bits per heavy atom. The van der Waals surface area contributed by atoms with Crippen molar-refractivity contribution in [2.45, 2.75) is 46.1 Å². The van der Waals surface area contributed by atoms with Gasteiger partial charge >= 0.3 is 0 Å². The Kier molecular flexibility index (Phi) is 9.41. The zero-order chi connectivity index (χ0) is 14.6. The molecule has 5 nitrogen and oxygen atoms in total. The molecule has 0 bridgehead atoms. The van der Waals surface area contributed by atoms with Gasteiger partial charge in [-0.3, -0.25) is 4.99 Å². The van der Waals surface area contributed by atoms with E-state index in [-0.39, 0.29) is 0 Å². The van der Waals surface area contributed by atoms with E-state index >= 15 is 0 Å². The fourth-order valence-corrected chi connectivity index (χ4v) is 1.98. The molecule has 118 valence electrons. The highest BCUT2D eigenvalue weighted by molar-refractivity contribution is 5.79. The van der Waals surface area contributed by atoms with E-state index in [0.29, 0.717) is 12.0 Å². The minimum absolute atomic E-state index is 0.450. The molecular weight excluding hydrogens is 254 g/mol. The van der Waals surface area contributed by atoms with Crippen LogP contribution in [0.25, 0.3) is 0 Å². The van der Waals surface area contributed by atoms with E-state index in [0.717, 1.165) is 64.7 Å². The van der Waals surface area contributed by atoms with Crippen LogP contribution in [0.4, 0.5) is 0 Å². The highest BCUT2D eigenvalue weighted by Crippen LogP contribution is 2.12. The third kappa shape index (κ3) is 7.70. The van der Waals surface area contributed by atoms with Crippen LogP contribution >= 0.6 is 0 Å². The molecule has 2 N–H and O–H groups in total. The fourth-order valence-electron chi connectivity index (χ4n) is 1.98. The normalized spacial score (nSPS) is 20.9. The first kappa shape index (κ1) is 17.2. The van der Waals surface area contributed by atoms with Crippen molar-refractivity contribution in [1.29, 1.82) is 0 Å². The second-order valence-electron chi connectivity index (χ2n) is 5.37. The number of nitrogens with zero attached hydrogens (tertiary/aromatic N) is 1. The molecule has 0 saturated carbocycles. The minimum Gasteiger partial charge on any atom is -0.381 e. The zero-order valence-corrected chi connectivity index (χ0v) is 13.3. The first-order valence-corrected chi connectivity index (χ1v) is 7.96. The molecule has 1 fully saturated rings. The molecule has 0 aromatic carbocycles. The SMILES string of the molecule is CCNC(=NCCCOCC1CCOC1)NC(C)CC. The molecule has 1 rings (SSSR count). The smallest absolute Gasteiger partial charge is 0.191 e. The summed E-state index contributed by atoms with van der Waals surface area (Å²) in [6.45, 7) is 11.5. The van der Waals surface area contributed by atoms with Crippen molar-refractivity contribution in [2.24, 2.45) is 10.9 Å². The molecule has 1 aliphatic rings. The number of aliphatic imine (C=N–C) groups is 1. The largest absolute Gasteiger partial charge is 0.381 e. The van der Waals surface area contributed by atoms with Crippen molar-refractivity contribution in [1.82, 2.24) is 10.6 Å². The van der Waals surface area contributed by atoms with E-state index < -0.39 is 0 Å². The number of nitrogens with one attached hydrogen (secondary N) is 2. The molecule has 0 radical (unpaired) electrons. The van der Waals surface area contributed by atoms with Crippen LogP contribution in [0.15, 0.2) is 4.99 Å². The van der Waals surface area contributed by atoms with E-state index in [1.54, 1.807) is 0 Å². The summed E-state index contributed by atoms with van der Waals surface area (Å²) in [6, 6.07) is 0.450. The van der Waals surface area contributed by atoms with Gasteiger partial charge in [-0.1, -0.05) is 6.92 Å². The molecule has 0 spiro atoms. The molecule has 0 aromatic heterocycles. The third-order valence-electron chi connectivity index (χ3n) is 3.43. The van der Waals surface area contributed by atoms with Gasteiger partial charge in [0.15, 0.2) is 5.96 Å². The summed E-state index contributed by atoms with van der Waals surface area (Å²) < 4.78 is 11.0. The predicted molar refractivity (Wildman–Crippen MR) is 83.2 cm³/mol. The fraction of sp³-hybridized carbons (Fsp3) is 0.933. The van der Waals surface area contributed by atoms with Crippen LogP contribution in [-0.4, -0.2) is 51.5 Å². The van der Waals surface area contributed by atoms with Gasteiger partial charge in [-0.2, -0.15) is 0 Å².